The van der Waals surface area contributed by atoms with E-state index in [2.05, 4.69) is 0 Å². The van der Waals surface area contributed by atoms with Crippen LogP contribution in [0.2, 0.25) is 0 Å². The van der Waals surface area contributed by atoms with Crippen molar-refractivity contribution in [3.05, 3.63) is 29.8 Å². The summed E-state index contributed by atoms with van der Waals surface area (Å²) in [6, 6.07) is 5.96. The van der Waals surface area contributed by atoms with Crippen LogP contribution in [0.15, 0.2) is 29.2 Å². The highest BCUT2D eigenvalue weighted by atomic mass is 32.2. The highest BCUT2D eigenvalue weighted by molar-refractivity contribution is 7.99. The van der Waals surface area contributed by atoms with Crippen molar-refractivity contribution in [2.24, 2.45) is 0 Å². The lowest BCUT2D eigenvalue weighted by Crippen LogP contribution is -1.97. The number of rotatable bonds is 4. The van der Waals surface area contributed by atoms with Crippen LogP contribution in [0.1, 0.15) is 10.4 Å². The number of thioether (sulfide) groups is 1. The van der Waals surface area contributed by atoms with Crippen LogP contribution in [0.5, 0.6) is 0 Å². The van der Waals surface area contributed by atoms with Crippen LogP contribution in [0.3, 0.4) is 0 Å². The van der Waals surface area contributed by atoms with Gasteiger partial charge in [-0.05, 0) is 18.2 Å². The molecule has 76 valence electrons. The number of carboxylic acids is 1. The van der Waals surface area contributed by atoms with Crippen LogP contribution in [0.4, 0.5) is 8.78 Å². The molecule has 0 aliphatic rings. The van der Waals surface area contributed by atoms with E-state index in [9.17, 15) is 13.6 Å². The number of hydrogen-bond donors (Lipinski definition) is 1. The number of carboxylic acid groups (broad SMARTS) is 1. The molecule has 0 spiro atoms. The number of aromatic carboxylic acids is 1. The molecular formula is C9H8F2O2S. The van der Waals surface area contributed by atoms with E-state index in [1.165, 1.54) is 18.2 Å². The molecule has 1 N–H and O–H groups in total. The molecule has 1 rings (SSSR count). The summed E-state index contributed by atoms with van der Waals surface area (Å²) in [5.74, 6) is -1.37. The van der Waals surface area contributed by atoms with Crippen molar-refractivity contribution < 1.29 is 18.7 Å². The summed E-state index contributed by atoms with van der Waals surface area (Å²) in [5, 5.41) is 8.63. The van der Waals surface area contributed by atoms with Crippen LogP contribution >= 0.6 is 11.8 Å². The minimum atomic E-state index is -2.38. The van der Waals surface area contributed by atoms with Gasteiger partial charge in [-0.1, -0.05) is 6.07 Å². The predicted octanol–water partition coefficient (Wildman–Crippen LogP) is 2.74. The van der Waals surface area contributed by atoms with Gasteiger partial charge in [0.15, 0.2) is 0 Å². The molecule has 0 fully saturated rings. The Hall–Kier alpha value is -1.10. The number of carbonyl (C=O) groups is 1. The second-order valence-corrected chi connectivity index (χ2v) is 3.63. The zero-order valence-corrected chi connectivity index (χ0v) is 7.93. The summed E-state index contributed by atoms with van der Waals surface area (Å²) in [7, 11) is 0. The molecule has 2 nitrogen and oxygen atoms in total. The van der Waals surface area contributed by atoms with Gasteiger partial charge in [0, 0.05) is 4.90 Å². The van der Waals surface area contributed by atoms with E-state index in [0.717, 1.165) is 11.8 Å². The summed E-state index contributed by atoms with van der Waals surface area (Å²) < 4.78 is 23.7. The minimum absolute atomic E-state index is 0.115. The maximum absolute atomic E-state index is 11.8. The van der Waals surface area contributed by atoms with E-state index >= 15 is 0 Å². The Morgan fingerprint density at radius 1 is 1.50 bits per heavy atom. The fourth-order valence-corrected chi connectivity index (χ4v) is 1.58. The van der Waals surface area contributed by atoms with Crippen molar-refractivity contribution in [3.8, 4) is 0 Å². The maximum atomic E-state index is 11.8. The van der Waals surface area contributed by atoms with E-state index in [0.29, 0.717) is 4.90 Å². The molecule has 0 aliphatic carbocycles. The van der Waals surface area contributed by atoms with Crippen molar-refractivity contribution in [1.82, 2.24) is 0 Å². The zero-order valence-electron chi connectivity index (χ0n) is 7.11. The first-order chi connectivity index (χ1) is 6.59. The van der Waals surface area contributed by atoms with E-state index in [4.69, 9.17) is 5.11 Å². The standard InChI is InChI=1S/C9H8F2O2S/c10-8(11)5-14-7-3-1-2-6(4-7)9(12)13/h1-4,8H,5H2,(H,12,13). The van der Waals surface area contributed by atoms with Gasteiger partial charge in [-0.3, -0.25) is 0 Å². The van der Waals surface area contributed by atoms with Crippen LogP contribution < -0.4 is 0 Å². The van der Waals surface area contributed by atoms with Gasteiger partial charge in [-0.15, -0.1) is 11.8 Å². The molecule has 0 saturated carbocycles. The third-order valence-corrected chi connectivity index (χ3v) is 2.46. The molecule has 0 amide bonds. The van der Waals surface area contributed by atoms with Gasteiger partial charge in [0.1, 0.15) is 0 Å². The fraction of sp³-hybridized carbons (Fsp3) is 0.222. The van der Waals surface area contributed by atoms with Gasteiger partial charge in [0.2, 0.25) is 6.43 Å². The highest BCUT2D eigenvalue weighted by Crippen LogP contribution is 2.21. The van der Waals surface area contributed by atoms with E-state index in [1.54, 1.807) is 6.07 Å². The smallest absolute Gasteiger partial charge is 0.335 e. The monoisotopic (exact) mass is 218 g/mol. The summed E-state index contributed by atoms with van der Waals surface area (Å²) in [5.41, 5.74) is 0.115. The number of halogens is 2. The molecule has 0 heterocycles. The van der Waals surface area contributed by atoms with Crippen molar-refractivity contribution in [2.75, 3.05) is 5.75 Å². The third kappa shape index (κ3) is 3.33. The molecular weight excluding hydrogens is 210 g/mol. The lowest BCUT2D eigenvalue weighted by atomic mass is 10.2. The minimum Gasteiger partial charge on any atom is -0.478 e. The maximum Gasteiger partial charge on any atom is 0.335 e. The Bertz CT molecular complexity index is 328. The number of alkyl halides is 2. The summed E-state index contributed by atoms with van der Waals surface area (Å²) >= 11 is 0.947. The quantitative estimate of drug-likeness (QED) is 0.789. The Morgan fingerprint density at radius 3 is 2.79 bits per heavy atom. The lowest BCUT2D eigenvalue weighted by molar-refractivity contribution is 0.0696. The molecule has 14 heavy (non-hydrogen) atoms. The zero-order chi connectivity index (χ0) is 10.6. The van der Waals surface area contributed by atoms with Crippen LogP contribution in [-0.2, 0) is 0 Å². The fourth-order valence-electron chi connectivity index (χ4n) is 0.878. The lowest BCUT2D eigenvalue weighted by Gasteiger charge is -2.01. The van der Waals surface area contributed by atoms with Gasteiger partial charge >= 0.3 is 5.97 Å². The number of benzene rings is 1. The Morgan fingerprint density at radius 2 is 2.21 bits per heavy atom. The molecule has 0 unspecified atom stereocenters. The molecule has 0 atom stereocenters. The topological polar surface area (TPSA) is 37.3 Å². The normalized spacial score (nSPS) is 10.5. The molecule has 0 bridgehead atoms. The summed E-state index contributed by atoms with van der Waals surface area (Å²) in [6.07, 6.45) is -2.38. The van der Waals surface area contributed by atoms with Crippen LogP contribution in [0, 0.1) is 0 Å². The van der Waals surface area contributed by atoms with Gasteiger partial charge in [0.25, 0.3) is 0 Å². The summed E-state index contributed by atoms with van der Waals surface area (Å²) in [4.78, 5) is 11.1. The number of hydrogen-bond acceptors (Lipinski definition) is 2. The van der Waals surface area contributed by atoms with Gasteiger partial charge in [-0.25, -0.2) is 13.6 Å². The summed E-state index contributed by atoms with van der Waals surface area (Å²) in [6.45, 7) is 0. The molecule has 0 aliphatic heterocycles. The highest BCUT2D eigenvalue weighted by Gasteiger charge is 2.06. The van der Waals surface area contributed by atoms with Crippen molar-refractivity contribution in [3.63, 3.8) is 0 Å². The molecule has 0 radical (unpaired) electrons. The van der Waals surface area contributed by atoms with Crippen molar-refractivity contribution >= 4 is 17.7 Å². The van der Waals surface area contributed by atoms with E-state index in [-0.39, 0.29) is 11.3 Å². The Balaban J connectivity index is 2.69. The second-order valence-electron chi connectivity index (χ2n) is 2.54. The molecule has 1 aromatic rings. The predicted molar refractivity (Wildman–Crippen MR) is 50.1 cm³/mol. The largest absolute Gasteiger partial charge is 0.478 e. The first kappa shape index (κ1) is 11.0. The molecule has 0 saturated heterocycles. The van der Waals surface area contributed by atoms with Crippen LogP contribution in [0.25, 0.3) is 0 Å². The molecule has 0 aromatic heterocycles. The first-order valence-corrected chi connectivity index (χ1v) is 4.82. The van der Waals surface area contributed by atoms with Crippen molar-refractivity contribution in [1.29, 1.82) is 0 Å². The van der Waals surface area contributed by atoms with Gasteiger partial charge in [-0.2, -0.15) is 0 Å². The Labute approximate surface area is 83.9 Å². The van der Waals surface area contributed by atoms with Gasteiger partial charge in [0.05, 0.1) is 11.3 Å². The average Bonchev–Trinajstić information content (AvgIpc) is 2.15. The molecule has 5 heteroatoms. The molecule has 1 aromatic carbocycles. The second kappa shape index (κ2) is 4.95. The average molecular weight is 218 g/mol. The first-order valence-electron chi connectivity index (χ1n) is 3.84. The van der Waals surface area contributed by atoms with E-state index in [1.807, 2.05) is 0 Å². The van der Waals surface area contributed by atoms with E-state index < -0.39 is 12.4 Å². The van der Waals surface area contributed by atoms with Crippen molar-refractivity contribution in [2.45, 2.75) is 11.3 Å². The SMILES string of the molecule is O=C(O)c1cccc(SCC(F)F)c1. The van der Waals surface area contributed by atoms with Crippen LogP contribution in [-0.4, -0.2) is 23.3 Å². The van der Waals surface area contributed by atoms with Gasteiger partial charge < -0.3 is 5.11 Å². The Kier molecular flexibility index (Phi) is 3.88. The third-order valence-electron chi connectivity index (χ3n) is 1.46.